The van der Waals surface area contributed by atoms with E-state index in [0.717, 1.165) is 0 Å². The molecular weight excluding hydrogens is 358 g/mol. The molecule has 0 saturated carbocycles. The maximum atomic E-state index is 12.5. The number of methoxy groups -OCH3 is 2. The molecule has 8 heteroatoms. The van der Waals surface area contributed by atoms with Crippen LogP contribution in [0.2, 0.25) is 0 Å². The number of nitrogens with one attached hydrogen (secondary N) is 2. The van der Waals surface area contributed by atoms with Gasteiger partial charge in [-0.1, -0.05) is 6.07 Å². The summed E-state index contributed by atoms with van der Waals surface area (Å²) < 4.78 is 10.4. The van der Waals surface area contributed by atoms with Crippen LogP contribution >= 0.6 is 0 Å². The normalized spacial score (nSPS) is 9.89. The van der Waals surface area contributed by atoms with E-state index in [-0.39, 0.29) is 5.69 Å². The molecular formula is C20H17N5O3. The zero-order valence-electron chi connectivity index (χ0n) is 15.3. The molecule has 140 valence electrons. The summed E-state index contributed by atoms with van der Waals surface area (Å²) in [7, 11) is 3.05. The Hall–Kier alpha value is -4.12. The molecule has 28 heavy (non-hydrogen) atoms. The van der Waals surface area contributed by atoms with Crippen molar-refractivity contribution in [2.75, 3.05) is 24.9 Å². The van der Waals surface area contributed by atoms with Gasteiger partial charge in [-0.05, 0) is 30.3 Å². The van der Waals surface area contributed by atoms with Gasteiger partial charge in [0.1, 0.15) is 23.0 Å². The average molecular weight is 375 g/mol. The number of ether oxygens (including phenoxy) is 2. The fourth-order valence-electron chi connectivity index (χ4n) is 2.42. The summed E-state index contributed by atoms with van der Waals surface area (Å²) in [5.41, 5.74) is 1.83. The smallest absolute Gasteiger partial charge is 0.275 e. The Balaban J connectivity index is 1.73. The van der Waals surface area contributed by atoms with Crippen LogP contribution in [0.3, 0.4) is 0 Å². The van der Waals surface area contributed by atoms with Crippen molar-refractivity contribution in [2.24, 2.45) is 0 Å². The van der Waals surface area contributed by atoms with Gasteiger partial charge in [0, 0.05) is 11.8 Å². The largest absolute Gasteiger partial charge is 0.497 e. The second-order valence-corrected chi connectivity index (χ2v) is 5.62. The molecule has 0 aliphatic rings. The number of hydrogen-bond acceptors (Lipinski definition) is 7. The molecule has 8 nitrogen and oxygen atoms in total. The maximum absolute atomic E-state index is 12.5. The molecule has 1 heterocycles. The lowest BCUT2D eigenvalue weighted by atomic mass is 10.2. The van der Waals surface area contributed by atoms with E-state index in [0.29, 0.717) is 34.3 Å². The first-order valence-electron chi connectivity index (χ1n) is 8.25. The van der Waals surface area contributed by atoms with E-state index < -0.39 is 5.91 Å². The van der Waals surface area contributed by atoms with Crippen molar-refractivity contribution in [3.8, 4) is 17.6 Å². The number of anilines is 3. The van der Waals surface area contributed by atoms with Gasteiger partial charge in [-0.3, -0.25) is 4.79 Å². The molecule has 1 aromatic heterocycles. The molecule has 0 bridgehead atoms. The third-order valence-electron chi connectivity index (χ3n) is 3.80. The SMILES string of the molecule is COc1ccc(OC)c(NC(=O)c2cnc(Nc3cccc(C#N)c3)cn2)c1. The average Bonchev–Trinajstić information content (AvgIpc) is 2.74. The van der Waals surface area contributed by atoms with E-state index in [2.05, 4.69) is 26.7 Å². The molecule has 0 radical (unpaired) electrons. The highest BCUT2D eigenvalue weighted by Gasteiger charge is 2.13. The van der Waals surface area contributed by atoms with Crippen molar-refractivity contribution >= 4 is 23.1 Å². The molecule has 0 saturated heterocycles. The van der Waals surface area contributed by atoms with Crippen molar-refractivity contribution in [1.29, 1.82) is 5.26 Å². The van der Waals surface area contributed by atoms with E-state index in [1.54, 1.807) is 42.5 Å². The Bertz CT molecular complexity index is 1030. The molecule has 0 unspecified atom stereocenters. The van der Waals surface area contributed by atoms with Crippen molar-refractivity contribution in [3.63, 3.8) is 0 Å². The highest BCUT2D eigenvalue weighted by Crippen LogP contribution is 2.29. The van der Waals surface area contributed by atoms with Crippen LogP contribution < -0.4 is 20.1 Å². The monoisotopic (exact) mass is 375 g/mol. The second-order valence-electron chi connectivity index (χ2n) is 5.62. The third kappa shape index (κ3) is 4.34. The highest BCUT2D eigenvalue weighted by molar-refractivity contribution is 6.03. The van der Waals surface area contributed by atoms with Crippen molar-refractivity contribution in [3.05, 3.63) is 66.1 Å². The fraction of sp³-hybridized carbons (Fsp3) is 0.100. The summed E-state index contributed by atoms with van der Waals surface area (Å²) >= 11 is 0. The lowest BCUT2D eigenvalue weighted by Crippen LogP contribution is -2.15. The quantitative estimate of drug-likeness (QED) is 0.680. The van der Waals surface area contributed by atoms with Gasteiger partial charge < -0.3 is 20.1 Å². The summed E-state index contributed by atoms with van der Waals surface area (Å²) in [5.74, 6) is 1.10. The molecule has 0 atom stereocenters. The van der Waals surface area contributed by atoms with Crippen molar-refractivity contribution in [1.82, 2.24) is 9.97 Å². The van der Waals surface area contributed by atoms with Crippen molar-refractivity contribution < 1.29 is 14.3 Å². The van der Waals surface area contributed by atoms with Gasteiger partial charge in [0.25, 0.3) is 5.91 Å². The summed E-state index contributed by atoms with van der Waals surface area (Å²) in [6.45, 7) is 0. The van der Waals surface area contributed by atoms with Gasteiger partial charge in [0.05, 0.1) is 43.9 Å². The first-order valence-corrected chi connectivity index (χ1v) is 8.25. The Morgan fingerprint density at radius 3 is 2.61 bits per heavy atom. The lowest BCUT2D eigenvalue weighted by Gasteiger charge is -2.11. The molecule has 0 aliphatic carbocycles. The van der Waals surface area contributed by atoms with Gasteiger partial charge in [-0.2, -0.15) is 5.26 Å². The maximum Gasteiger partial charge on any atom is 0.275 e. The van der Waals surface area contributed by atoms with E-state index in [1.807, 2.05) is 0 Å². The second kappa shape index (κ2) is 8.51. The molecule has 0 aliphatic heterocycles. The number of carbonyl (C=O) groups is 1. The van der Waals surface area contributed by atoms with Crippen LogP contribution in [0.5, 0.6) is 11.5 Å². The zero-order valence-corrected chi connectivity index (χ0v) is 15.3. The van der Waals surface area contributed by atoms with Gasteiger partial charge in [-0.15, -0.1) is 0 Å². The standard InChI is InChI=1S/C20H17N5O3/c1-27-15-6-7-18(28-2)16(9-15)25-20(26)17-11-23-19(12-22-17)24-14-5-3-4-13(8-14)10-21/h3-9,11-12H,1-2H3,(H,23,24)(H,25,26). The van der Waals surface area contributed by atoms with Gasteiger partial charge >= 0.3 is 0 Å². The third-order valence-corrected chi connectivity index (χ3v) is 3.80. The number of aromatic nitrogens is 2. The Morgan fingerprint density at radius 1 is 1.07 bits per heavy atom. The number of benzene rings is 2. The van der Waals surface area contributed by atoms with E-state index in [4.69, 9.17) is 14.7 Å². The number of hydrogen-bond donors (Lipinski definition) is 2. The number of nitriles is 1. The Labute approximate surface area is 161 Å². The van der Waals surface area contributed by atoms with Crippen molar-refractivity contribution in [2.45, 2.75) is 0 Å². The summed E-state index contributed by atoms with van der Waals surface area (Å²) in [4.78, 5) is 20.8. The van der Waals surface area contributed by atoms with E-state index in [1.165, 1.54) is 26.6 Å². The van der Waals surface area contributed by atoms with Gasteiger partial charge in [0.2, 0.25) is 0 Å². The van der Waals surface area contributed by atoms with Gasteiger partial charge in [-0.25, -0.2) is 9.97 Å². The minimum absolute atomic E-state index is 0.140. The van der Waals surface area contributed by atoms with E-state index in [9.17, 15) is 4.79 Å². The minimum Gasteiger partial charge on any atom is -0.497 e. The predicted molar refractivity (Wildman–Crippen MR) is 104 cm³/mol. The summed E-state index contributed by atoms with van der Waals surface area (Å²) in [5, 5.41) is 14.7. The van der Waals surface area contributed by atoms with Crippen LogP contribution in [-0.4, -0.2) is 30.1 Å². The molecule has 3 aromatic rings. The number of carbonyl (C=O) groups excluding carboxylic acids is 1. The summed E-state index contributed by atoms with van der Waals surface area (Å²) in [6.07, 6.45) is 2.80. The minimum atomic E-state index is -0.433. The topological polar surface area (TPSA) is 109 Å². The number of amides is 1. The first kappa shape index (κ1) is 18.7. The Morgan fingerprint density at radius 2 is 1.93 bits per heavy atom. The van der Waals surface area contributed by atoms with Gasteiger partial charge in [0.15, 0.2) is 0 Å². The molecule has 0 spiro atoms. The predicted octanol–water partition coefficient (Wildman–Crippen LogP) is 3.36. The summed E-state index contributed by atoms with van der Waals surface area (Å²) in [6, 6.07) is 14.1. The number of nitrogens with zero attached hydrogens (tertiary/aromatic N) is 3. The Kier molecular flexibility index (Phi) is 5.67. The molecule has 2 N–H and O–H groups in total. The van der Waals surface area contributed by atoms with Crippen LogP contribution in [0.25, 0.3) is 0 Å². The molecule has 0 fully saturated rings. The van der Waals surface area contributed by atoms with E-state index >= 15 is 0 Å². The number of rotatable bonds is 6. The van der Waals surface area contributed by atoms with Crippen LogP contribution in [0, 0.1) is 11.3 Å². The lowest BCUT2D eigenvalue weighted by molar-refractivity contribution is 0.102. The zero-order chi connectivity index (χ0) is 19.9. The molecule has 1 amide bonds. The molecule has 3 rings (SSSR count). The fourth-order valence-corrected chi connectivity index (χ4v) is 2.42. The van der Waals surface area contributed by atoms with Crippen LogP contribution in [-0.2, 0) is 0 Å². The van der Waals surface area contributed by atoms with Crippen LogP contribution in [0.4, 0.5) is 17.2 Å². The highest BCUT2D eigenvalue weighted by atomic mass is 16.5. The van der Waals surface area contributed by atoms with Crippen LogP contribution in [0.15, 0.2) is 54.9 Å². The van der Waals surface area contributed by atoms with Crippen LogP contribution in [0.1, 0.15) is 16.1 Å². The first-order chi connectivity index (χ1) is 13.6. The molecule has 2 aromatic carbocycles.